The minimum atomic E-state index is -3.56. The molecule has 0 spiro atoms. The molecule has 0 atom stereocenters. The van der Waals surface area contributed by atoms with E-state index in [1.54, 1.807) is 36.8 Å². The van der Waals surface area contributed by atoms with Gasteiger partial charge in [0, 0.05) is 17.8 Å². The molecule has 0 amide bonds. The molecule has 0 bridgehead atoms. The predicted molar refractivity (Wildman–Crippen MR) is 122 cm³/mol. The summed E-state index contributed by atoms with van der Waals surface area (Å²) in [4.78, 5) is 10.6. The standard InChI is InChI=1S/C22H20N4O2S2/c1-17-9-10-19(25-30(27,28)16-18-6-3-2-4-7-18)14-21(17)26(22-24-12-13-29-22)20-8-5-11-23-15-20/h2-15,25H,16H2,1H3. The van der Waals surface area contributed by atoms with Crippen molar-refractivity contribution in [2.24, 2.45) is 0 Å². The molecule has 0 unspecified atom stereocenters. The van der Waals surface area contributed by atoms with Crippen molar-refractivity contribution in [3.05, 3.63) is 95.8 Å². The molecule has 2 heterocycles. The summed E-state index contributed by atoms with van der Waals surface area (Å²) < 4.78 is 28.1. The van der Waals surface area contributed by atoms with Gasteiger partial charge >= 0.3 is 0 Å². The molecule has 0 fully saturated rings. The van der Waals surface area contributed by atoms with E-state index in [4.69, 9.17) is 0 Å². The van der Waals surface area contributed by atoms with E-state index in [2.05, 4.69) is 14.7 Å². The van der Waals surface area contributed by atoms with Gasteiger partial charge in [-0.05, 0) is 42.3 Å². The number of benzene rings is 2. The first-order valence-corrected chi connectivity index (χ1v) is 11.8. The molecule has 30 heavy (non-hydrogen) atoms. The Balaban J connectivity index is 1.68. The van der Waals surface area contributed by atoms with E-state index in [-0.39, 0.29) is 5.75 Å². The van der Waals surface area contributed by atoms with Crippen LogP contribution in [0.4, 0.5) is 22.2 Å². The van der Waals surface area contributed by atoms with Crippen molar-refractivity contribution >= 4 is 43.6 Å². The Morgan fingerprint density at radius 3 is 2.57 bits per heavy atom. The van der Waals surface area contributed by atoms with E-state index in [1.807, 2.05) is 59.7 Å². The van der Waals surface area contributed by atoms with Gasteiger partial charge in [-0.25, -0.2) is 13.4 Å². The Kier molecular flexibility index (Phi) is 5.78. The molecule has 1 N–H and O–H groups in total. The van der Waals surface area contributed by atoms with Crippen molar-refractivity contribution in [3.8, 4) is 0 Å². The van der Waals surface area contributed by atoms with E-state index < -0.39 is 10.0 Å². The van der Waals surface area contributed by atoms with Gasteiger partial charge < -0.3 is 0 Å². The summed E-state index contributed by atoms with van der Waals surface area (Å²) in [6.45, 7) is 1.98. The van der Waals surface area contributed by atoms with E-state index in [1.165, 1.54) is 11.3 Å². The van der Waals surface area contributed by atoms with Crippen molar-refractivity contribution in [2.45, 2.75) is 12.7 Å². The second-order valence-corrected chi connectivity index (χ2v) is 9.30. The van der Waals surface area contributed by atoms with Crippen molar-refractivity contribution < 1.29 is 8.42 Å². The Hall–Kier alpha value is -3.23. The molecule has 0 aliphatic heterocycles. The Labute approximate surface area is 179 Å². The van der Waals surface area contributed by atoms with Crippen LogP contribution in [0.2, 0.25) is 0 Å². The second kappa shape index (κ2) is 8.64. The van der Waals surface area contributed by atoms with Gasteiger partial charge in [-0.1, -0.05) is 36.4 Å². The number of pyridine rings is 1. The van der Waals surface area contributed by atoms with Crippen LogP contribution in [0.5, 0.6) is 0 Å². The monoisotopic (exact) mass is 436 g/mol. The first kappa shape index (κ1) is 20.1. The largest absolute Gasteiger partial charge is 0.285 e. The van der Waals surface area contributed by atoms with Gasteiger partial charge in [-0.2, -0.15) is 0 Å². The number of anilines is 4. The lowest BCUT2D eigenvalue weighted by Crippen LogP contribution is -2.16. The fraction of sp³-hybridized carbons (Fsp3) is 0.0909. The summed E-state index contributed by atoms with van der Waals surface area (Å²) in [5.74, 6) is -0.0875. The molecule has 2 aromatic heterocycles. The lowest BCUT2D eigenvalue weighted by molar-refractivity contribution is 0.600. The summed E-state index contributed by atoms with van der Waals surface area (Å²) >= 11 is 1.50. The number of thiazole rings is 1. The number of aromatic nitrogens is 2. The SMILES string of the molecule is Cc1ccc(NS(=O)(=O)Cc2ccccc2)cc1N(c1cccnc1)c1nccs1. The minimum Gasteiger partial charge on any atom is -0.285 e. The number of hydrogen-bond donors (Lipinski definition) is 1. The number of aryl methyl sites for hydroxylation is 1. The van der Waals surface area contributed by atoms with Gasteiger partial charge in [-0.15, -0.1) is 11.3 Å². The second-order valence-electron chi connectivity index (χ2n) is 6.71. The quantitative estimate of drug-likeness (QED) is 0.428. The Morgan fingerprint density at radius 2 is 1.87 bits per heavy atom. The molecule has 2 aromatic carbocycles. The highest BCUT2D eigenvalue weighted by Gasteiger charge is 2.19. The van der Waals surface area contributed by atoms with Crippen molar-refractivity contribution in [1.82, 2.24) is 9.97 Å². The first-order chi connectivity index (χ1) is 14.5. The average Bonchev–Trinajstić information content (AvgIpc) is 3.26. The van der Waals surface area contributed by atoms with Gasteiger partial charge in [0.25, 0.3) is 0 Å². The first-order valence-electron chi connectivity index (χ1n) is 9.26. The number of nitrogens with one attached hydrogen (secondary N) is 1. The van der Waals surface area contributed by atoms with Crippen molar-refractivity contribution in [3.63, 3.8) is 0 Å². The van der Waals surface area contributed by atoms with Crippen LogP contribution in [0.3, 0.4) is 0 Å². The van der Waals surface area contributed by atoms with Crippen LogP contribution in [0, 0.1) is 6.92 Å². The third kappa shape index (κ3) is 4.67. The number of hydrogen-bond acceptors (Lipinski definition) is 6. The van der Waals surface area contributed by atoms with E-state index >= 15 is 0 Å². The van der Waals surface area contributed by atoms with Gasteiger partial charge in [0.15, 0.2) is 5.13 Å². The highest BCUT2D eigenvalue weighted by Crippen LogP contribution is 2.38. The highest BCUT2D eigenvalue weighted by atomic mass is 32.2. The van der Waals surface area contributed by atoms with Crippen LogP contribution < -0.4 is 9.62 Å². The molecule has 0 radical (unpaired) electrons. The van der Waals surface area contributed by atoms with Crippen molar-refractivity contribution in [1.29, 1.82) is 0 Å². The molecular weight excluding hydrogens is 416 g/mol. The zero-order chi connectivity index (χ0) is 21.0. The smallest absolute Gasteiger partial charge is 0.236 e. The fourth-order valence-electron chi connectivity index (χ4n) is 3.09. The normalized spacial score (nSPS) is 11.2. The maximum absolute atomic E-state index is 12.7. The van der Waals surface area contributed by atoms with Crippen LogP contribution in [0.15, 0.2) is 84.6 Å². The summed E-state index contributed by atoms with van der Waals surface area (Å²) in [7, 11) is -3.56. The molecule has 8 heteroatoms. The molecule has 0 saturated carbocycles. The van der Waals surface area contributed by atoms with Gasteiger partial charge in [0.2, 0.25) is 10.0 Å². The van der Waals surface area contributed by atoms with Gasteiger partial charge in [-0.3, -0.25) is 14.6 Å². The molecule has 4 rings (SSSR count). The third-order valence-corrected chi connectivity index (χ3v) is 6.45. The maximum atomic E-state index is 12.7. The number of nitrogens with zero attached hydrogens (tertiary/aromatic N) is 3. The lowest BCUT2D eigenvalue weighted by atomic mass is 10.1. The molecule has 152 valence electrons. The molecule has 4 aromatic rings. The number of rotatable bonds is 7. The van der Waals surface area contributed by atoms with Gasteiger partial charge in [0.05, 0.1) is 29.0 Å². The highest BCUT2D eigenvalue weighted by molar-refractivity contribution is 7.91. The Bertz CT molecular complexity index is 1210. The molecule has 6 nitrogen and oxygen atoms in total. The molecule has 0 saturated heterocycles. The number of sulfonamides is 1. The van der Waals surface area contributed by atoms with Crippen LogP contribution in [0.25, 0.3) is 0 Å². The summed E-state index contributed by atoms with van der Waals surface area (Å²) in [5.41, 5.74) is 3.90. The molecule has 0 aliphatic rings. The van der Waals surface area contributed by atoms with E-state index in [0.29, 0.717) is 5.69 Å². The minimum absolute atomic E-state index is 0.0875. The lowest BCUT2D eigenvalue weighted by Gasteiger charge is -2.24. The average molecular weight is 437 g/mol. The van der Waals surface area contributed by atoms with E-state index in [9.17, 15) is 8.42 Å². The summed E-state index contributed by atoms with van der Waals surface area (Å²) in [6, 6.07) is 18.4. The predicted octanol–water partition coefficient (Wildman–Crippen LogP) is 5.26. The van der Waals surface area contributed by atoms with Crippen LogP contribution >= 0.6 is 11.3 Å². The Morgan fingerprint density at radius 1 is 1.03 bits per heavy atom. The van der Waals surface area contributed by atoms with Gasteiger partial charge in [0.1, 0.15) is 0 Å². The summed E-state index contributed by atoms with van der Waals surface area (Å²) in [6.07, 6.45) is 5.21. The van der Waals surface area contributed by atoms with E-state index in [0.717, 1.165) is 27.6 Å². The van der Waals surface area contributed by atoms with Crippen molar-refractivity contribution in [2.75, 3.05) is 9.62 Å². The zero-order valence-corrected chi connectivity index (χ0v) is 17.9. The fourth-order valence-corrected chi connectivity index (χ4v) is 4.95. The zero-order valence-electron chi connectivity index (χ0n) is 16.3. The maximum Gasteiger partial charge on any atom is 0.236 e. The topological polar surface area (TPSA) is 75.2 Å². The van der Waals surface area contributed by atoms with Crippen LogP contribution in [-0.2, 0) is 15.8 Å². The third-order valence-electron chi connectivity index (χ3n) is 4.44. The van der Waals surface area contributed by atoms with Crippen LogP contribution in [0.1, 0.15) is 11.1 Å². The molecule has 0 aliphatic carbocycles. The molecular formula is C22H20N4O2S2. The van der Waals surface area contributed by atoms with Crippen LogP contribution in [-0.4, -0.2) is 18.4 Å². The summed E-state index contributed by atoms with van der Waals surface area (Å²) in [5, 5.41) is 2.68.